The van der Waals surface area contributed by atoms with Gasteiger partial charge in [-0.2, -0.15) is 0 Å². The van der Waals surface area contributed by atoms with Crippen molar-refractivity contribution in [3.05, 3.63) is 63.0 Å². The van der Waals surface area contributed by atoms with Gasteiger partial charge in [0, 0.05) is 23.8 Å². The zero-order valence-electron chi connectivity index (χ0n) is 13.3. The minimum absolute atomic E-state index is 0.0707. The molecular formula is C16H12F3N3O3S. The van der Waals surface area contributed by atoms with Gasteiger partial charge in [-0.3, -0.25) is 14.0 Å². The molecule has 0 atom stereocenters. The summed E-state index contributed by atoms with van der Waals surface area (Å²) in [6.45, 7) is 1.74. The van der Waals surface area contributed by atoms with E-state index >= 15 is 0 Å². The fourth-order valence-corrected chi connectivity index (χ4v) is 3.07. The Balaban J connectivity index is 1.74. The first-order valence-electron chi connectivity index (χ1n) is 7.33. The van der Waals surface area contributed by atoms with E-state index in [1.54, 1.807) is 6.20 Å². The smallest absolute Gasteiger partial charge is 0.406 e. The van der Waals surface area contributed by atoms with E-state index in [-0.39, 0.29) is 17.9 Å². The second-order valence-corrected chi connectivity index (χ2v) is 6.56. The van der Waals surface area contributed by atoms with Crippen LogP contribution in [0.4, 0.5) is 13.2 Å². The highest BCUT2D eigenvalue weighted by Crippen LogP contribution is 2.23. The topological polar surface area (TPSA) is 72.7 Å². The molecule has 0 aliphatic carbocycles. The zero-order valence-corrected chi connectivity index (χ0v) is 14.1. The molecule has 2 aromatic heterocycles. The summed E-state index contributed by atoms with van der Waals surface area (Å²) >= 11 is 1.32. The molecule has 3 aromatic rings. The van der Waals surface area contributed by atoms with Gasteiger partial charge >= 0.3 is 6.36 Å². The van der Waals surface area contributed by atoms with Crippen molar-refractivity contribution in [2.24, 2.45) is 0 Å². The standard InChI is InChI=1S/C16H12F3N3O3S/c1-9-8-22-14(24)12(7-21-15(22)26-9)13(23)20-6-10-3-2-4-11(5-10)25-16(17,18)19/h2-5,7-8H,6H2,1H3,(H,20,23). The number of hydrogen-bond acceptors (Lipinski definition) is 5. The van der Waals surface area contributed by atoms with Crippen LogP contribution in [0.2, 0.25) is 0 Å². The van der Waals surface area contributed by atoms with Crippen molar-refractivity contribution in [1.29, 1.82) is 0 Å². The lowest BCUT2D eigenvalue weighted by atomic mass is 10.2. The Bertz CT molecular complexity index is 1030. The molecule has 0 unspecified atom stereocenters. The highest BCUT2D eigenvalue weighted by atomic mass is 32.1. The van der Waals surface area contributed by atoms with Crippen molar-refractivity contribution in [1.82, 2.24) is 14.7 Å². The molecule has 1 aromatic carbocycles. The number of halogens is 3. The molecule has 6 nitrogen and oxygen atoms in total. The third-order valence-corrected chi connectivity index (χ3v) is 4.26. The van der Waals surface area contributed by atoms with Crippen LogP contribution in [0.3, 0.4) is 0 Å². The number of fused-ring (bicyclic) bond motifs is 1. The molecule has 0 aliphatic rings. The molecule has 0 fully saturated rings. The summed E-state index contributed by atoms with van der Waals surface area (Å²) in [7, 11) is 0. The number of carbonyl (C=O) groups is 1. The Kier molecular flexibility index (Phi) is 4.68. The van der Waals surface area contributed by atoms with E-state index in [1.807, 2.05) is 6.92 Å². The lowest BCUT2D eigenvalue weighted by Crippen LogP contribution is -2.30. The van der Waals surface area contributed by atoms with Gasteiger partial charge in [0.05, 0.1) is 0 Å². The summed E-state index contributed by atoms with van der Waals surface area (Å²) in [6.07, 6.45) is -2.02. The highest BCUT2D eigenvalue weighted by molar-refractivity contribution is 7.16. The van der Waals surface area contributed by atoms with Crippen LogP contribution in [0.25, 0.3) is 4.96 Å². The monoisotopic (exact) mass is 383 g/mol. The summed E-state index contributed by atoms with van der Waals surface area (Å²) < 4.78 is 41.9. The summed E-state index contributed by atoms with van der Waals surface area (Å²) in [6, 6.07) is 5.21. The number of rotatable bonds is 4. The van der Waals surface area contributed by atoms with Crippen molar-refractivity contribution < 1.29 is 22.7 Å². The van der Waals surface area contributed by atoms with Gasteiger partial charge in [-0.25, -0.2) is 4.98 Å². The predicted molar refractivity (Wildman–Crippen MR) is 88.4 cm³/mol. The molecule has 1 N–H and O–H groups in total. The summed E-state index contributed by atoms with van der Waals surface area (Å²) in [5, 5.41) is 2.49. The summed E-state index contributed by atoms with van der Waals surface area (Å²) in [4.78, 5) is 30.0. The Morgan fingerprint density at radius 1 is 1.38 bits per heavy atom. The number of nitrogens with one attached hydrogen (secondary N) is 1. The molecule has 0 aliphatic heterocycles. The second-order valence-electron chi connectivity index (χ2n) is 5.35. The van der Waals surface area contributed by atoms with Gasteiger partial charge in [0.1, 0.15) is 11.3 Å². The number of ether oxygens (including phenoxy) is 1. The molecular weight excluding hydrogens is 371 g/mol. The molecule has 1 amide bonds. The van der Waals surface area contributed by atoms with Crippen molar-refractivity contribution in [3.63, 3.8) is 0 Å². The van der Waals surface area contributed by atoms with Crippen LogP contribution in [0.15, 0.2) is 41.5 Å². The summed E-state index contributed by atoms with van der Waals surface area (Å²) in [5.74, 6) is -1.05. The quantitative estimate of drug-likeness (QED) is 0.752. The van der Waals surface area contributed by atoms with Gasteiger partial charge < -0.3 is 10.1 Å². The first-order chi connectivity index (χ1) is 12.2. The van der Waals surface area contributed by atoms with E-state index < -0.39 is 17.8 Å². The molecule has 10 heteroatoms. The number of nitrogens with zero attached hydrogens (tertiary/aromatic N) is 2. The number of aromatic nitrogens is 2. The number of thiazole rings is 1. The fraction of sp³-hybridized carbons (Fsp3) is 0.188. The van der Waals surface area contributed by atoms with Crippen molar-refractivity contribution >= 4 is 22.2 Å². The molecule has 136 valence electrons. The van der Waals surface area contributed by atoms with Crippen LogP contribution in [-0.2, 0) is 6.54 Å². The Hall–Kier alpha value is -2.88. The average molecular weight is 383 g/mol. The van der Waals surface area contributed by atoms with Crippen molar-refractivity contribution in [2.45, 2.75) is 19.8 Å². The number of benzene rings is 1. The second kappa shape index (κ2) is 6.79. The first kappa shape index (κ1) is 17.9. The highest BCUT2D eigenvalue weighted by Gasteiger charge is 2.31. The Morgan fingerprint density at radius 3 is 2.88 bits per heavy atom. The van der Waals surface area contributed by atoms with Crippen LogP contribution in [0.5, 0.6) is 5.75 Å². The van der Waals surface area contributed by atoms with Gasteiger partial charge in [0.25, 0.3) is 11.5 Å². The molecule has 3 rings (SSSR count). The van der Waals surface area contributed by atoms with Gasteiger partial charge in [0.2, 0.25) is 0 Å². The third kappa shape index (κ3) is 4.02. The number of carbonyl (C=O) groups excluding carboxylic acids is 1. The van der Waals surface area contributed by atoms with Crippen LogP contribution in [0, 0.1) is 6.92 Å². The maximum atomic E-state index is 12.3. The van der Waals surface area contributed by atoms with Crippen LogP contribution < -0.4 is 15.6 Å². The predicted octanol–water partition coefficient (Wildman–Crippen LogP) is 2.89. The Morgan fingerprint density at radius 2 is 2.15 bits per heavy atom. The van der Waals surface area contributed by atoms with E-state index in [9.17, 15) is 22.8 Å². The van der Waals surface area contributed by atoms with Crippen molar-refractivity contribution in [2.75, 3.05) is 0 Å². The maximum Gasteiger partial charge on any atom is 0.573 e. The lowest BCUT2D eigenvalue weighted by Gasteiger charge is -2.10. The number of alkyl halides is 3. The van der Waals surface area contributed by atoms with Crippen LogP contribution >= 0.6 is 11.3 Å². The lowest BCUT2D eigenvalue weighted by molar-refractivity contribution is -0.274. The molecule has 26 heavy (non-hydrogen) atoms. The van der Waals surface area contributed by atoms with Crippen molar-refractivity contribution in [3.8, 4) is 5.75 Å². The SMILES string of the molecule is Cc1cn2c(=O)c(C(=O)NCc3cccc(OC(F)(F)F)c3)cnc2s1. The van der Waals surface area contributed by atoms with Gasteiger partial charge in [-0.15, -0.1) is 24.5 Å². The molecule has 0 bridgehead atoms. The first-order valence-corrected chi connectivity index (χ1v) is 8.15. The van der Waals surface area contributed by atoms with E-state index in [1.165, 1.54) is 34.1 Å². The molecule has 0 saturated carbocycles. The molecule has 0 saturated heterocycles. The Labute approximate surface area is 148 Å². The average Bonchev–Trinajstić information content (AvgIpc) is 2.93. The summed E-state index contributed by atoms with van der Waals surface area (Å²) in [5.41, 5.74) is -0.269. The number of hydrogen-bond donors (Lipinski definition) is 1. The molecule has 0 spiro atoms. The number of aryl methyl sites for hydroxylation is 1. The van der Waals surface area contributed by atoms with E-state index in [0.717, 1.165) is 17.0 Å². The van der Waals surface area contributed by atoms with Crippen LogP contribution in [-0.4, -0.2) is 21.7 Å². The van der Waals surface area contributed by atoms with E-state index in [0.29, 0.717) is 10.5 Å². The fourth-order valence-electron chi connectivity index (χ4n) is 2.28. The van der Waals surface area contributed by atoms with E-state index in [2.05, 4.69) is 15.0 Å². The van der Waals surface area contributed by atoms with Crippen LogP contribution in [0.1, 0.15) is 20.8 Å². The molecule has 0 radical (unpaired) electrons. The van der Waals surface area contributed by atoms with Gasteiger partial charge in [-0.05, 0) is 24.6 Å². The normalized spacial score (nSPS) is 11.5. The van der Waals surface area contributed by atoms with E-state index in [4.69, 9.17) is 0 Å². The zero-order chi connectivity index (χ0) is 18.9. The van der Waals surface area contributed by atoms with Gasteiger partial charge in [-0.1, -0.05) is 12.1 Å². The third-order valence-electron chi connectivity index (χ3n) is 3.35. The minimum atomic E-state index is -4.80. The molecule has 2 heterocycles. The number of amides is 1. The maximum absolute atomic E-state index is 12.3. The largest absolute Gasteiger partial charge is 0.573 e. The minimum Gasteiger partial charge on any atom is -0.406 e. The van der Waals surface area contributed by atoms with Gasteiger partial charge in [0.15, 0.2) is 4.96 Å².